The molecule has 0 amide bonds. The molecule has 1 aliphatic heterocycles. The van der Waals surface area contributed by atoms with Gasteiger partial charge in [0.25, 0.3) is 0 Å². The van der Waals surface area contributed by atoms with Crippen LogP contribution in [0.2, 0.25) is 0 Å². The fourth-order valence-corrected chi connectivity index (χ4v) is 3.00. The number of ether oxygens (including phenoxy) is 1. The molecule has 1 aromatic rings. The number of rotatable bonds is 4. The molecule has 0 spiro atoms. The Hall–Kier alpha value is -0.0400. The number of nitrogens with two attached hydrogens (primary N) is 1. The summed E-state index contributed by atoms with van der Waals surface area (Å²) in [6, 6.07) is 8.21. The van der Waals surface area contributed by atoms with E-state index in [0.717, 1.165) is 38.2 Å². The Bertz CT molecular complexity index is 415. The second kappa shape index (κ2) is 7.82. The van der Waals surface area contributed by atoms with Gasteiger partial charge in [-0.3, -0.25) is 0 Å². The number of hydrogen-bond acceptors (Lipinski definition) is 3. The van der Waals surface area contributed by atoms with Gasteiger partial charge < -0.3 is 15.4 Å². The molecule has 114 valence electrons. The average Bonchev–Trinajstić information content (AvgIpc) is 2.33. The van der Waals surface area contributed by atoms with Gasteiger partial charge in [0, 0.05) is 25.2 Å². The highest BCUT2D eigenvalue weighted by atomic mass is 127. The lowest BCUT2D eigenvalue weighted by molar-refractivity contribution is 0.0898. The van der Waals surface area contributed by atoms with Crippen molar-refractivity contribution in [2.24, 2.45) is 5.73 Å². The van der Waals surface area contributed by atoms with Gasteiger partial charge in [-0.25, -0.2) is 0 Å². The summed E-state index contributed by atoms with van der Waals surface area (Å²) >= 11 is 2.33. The third kappa shape index (κ3) is 5.76. The van der Waals surface area contributed by atoms with Crippen LogP contribution >= 0.6 is 35.0 Å². The van der Waals surface area contributed by atoms with E-state index in [2.05, 4.69) is 53.5 Å². The molecule has 0 aromatic heterocycles. The SMILES string of the molecule is CC(C)(N)CN1CCC(Oc2ccccc2I)CC1.Cl. The third-order valence-corrected chi connectivity index (χ3v) is 4.19. The maximum absolute atomic E-state index is 6.10. The summed E-state index contributed by atoms with van der Waals surface area (Å²) in [5, 5.41) is 0. The molecule has 2 N–H and O–H groups in total. The van der Waals surface area contributed by atoms with Crippen molar-refractivity contribution in [3.8, 4) is 5.75 Å². The topological polar surface area (TPSA) is 38.5 Å². The minimum atomic E-state index is -0.109. The summed E-state index contributed by atoms with van der Waals surface area (Å²) in [4.78, 5) is 2.44. The minimum Gasteiger partial charge on any atom is -0.489 e. The summed E-state index contributed by atoms with van der Waals surface area (Å²) in [5.74, 6) is 1.01. The third-order valence-electron chi connectivity index (χ3n) is 3.30. The van der Waals surface area contributed by atoms with Crippen LogP contribution in [0.3, 0.4) is 0 Å². The van der Waals surface area contributed by atoms with E-state index in [1.807, 2.05) is 12.1 Å². The molecule has 20 heavy (non-hydrogen) atoms. The molecule has 1 heterocycles. The first kappa shape index (κ1) is 18.0. The van der Waals surface area contributed by atoms with E-state index in [9.17, 15) is 0 Å². The second-order valence-corrected chi connectivity index (χ2v) is 7.17. The summed E-state index contributed by atoms with van der Waals surface area (Å²) in [5.41, 5.74) is 5.96. The number of likely N-dealkylation sites (tertiary alicyclic amines) is 1. The van der Waals surface area contributed by atoms with Crippen molar-refractivity contribution in [2.45, 2.75) is 38.3 Å². The summed E-state index contributed by atoms with van der Waals surface area (Å²) in [6.45, 7) is 7.29. The van der Waals surface area contributed by atoms with E-state index >= 15 is 0 Å². The molecule has 0 unspecified atom stereocenters. The van der Waals surface area contributed by atoms with Crippen LogP contribution < -0.4 is 10.5 Å². The highest BCUT2D eigenvalue weighted by Gasteiger charge is 2.24. The van der Waals surface area contributed by atoms with Gasteiger partial charge in [0.2, 0.25) is 0 Å². The fraction of sp³-hybridized carbons (Fsp3) is 0.600. The van der Waals surface area contributed by atoms with Gasteiger partial charge >= 0.3 is 0 Å². The normalized spacial score (nSPS) is 17.6. The lowest BCUT2D eigenvalue weighted by atomic mass is 10.0. The van der Waals surface area contributed by atoms with E-state index < -0.39 is 0 Å². The minimum absolute atomic E-state index is 0. The highest BCUT2D eigenvalue weighted by Crippen LogP contribution is 2.24. The average molecular weight is 411 g/mol. The second-order valence-electron chi connectivity index (χ2n) is 6.01. The largest absolute Gasteiger partial charge is 0.489 e. The van der Waals surface area contributed by atoms with Crippen molar-refractivity contribution in [1.82, 2.24) is 4.90 Å². The van der Waals surface area contributed by atoms with Gasteiger partial charge in [0.15, 0.2) is 0 Å². The Morgan fingerprint density at radius 3 is 2.45 bits per heavy atom. The smallest absolute Gasteiger partial charge is 0.133 e. The molecule has 1 aliphatic rings. The molecule has 1 saturated heterocycles. The molecule has 0 bridgehead atoms. The van der Waals surface area contributed by atoms with E-state index in [-0.39, 0.29) is 17.9 Å². The maximum Gasteiger partial charge on any atom is 0.133 e. The zero-order valence-electron chi connectivity index (χ0n) is 12.1. The summed E-state index contributed by atoms with van der Waals surface area (Å²) in [6.07, 6.45) is 2.51. The van der Waals surface area contributed by atoms with Gasteiger partial charge in [0.05, 0.1) is 3.57 Å². The number of piperidine rings is 1. The molecule has 0 saturated carbocycles. The summed E-state index contributed by atoms with van der Waals surface area (Å²) in [7, 11) is 0. The number of halogens is 2. The Balaban J connectivity index is 0.00000200. The number of nitrogens with zero attached hydrogens (tertiary/aromatic N) is 1. The molecule has 2 rings (SSSR count). The van der Waals surface area contributed by atoms with Crippen molar-refractivity contribution >= 4 is 35.0 Å². The molecule has 5 heteroatoms. The van der Waals surface area contributed by atoms with Gasteiger partial charge in [-0.05, 0) is 61.4 Å². The molecule has 0 atom stereocenters. The van der Waals surface area contributed by atoms with E-state index in [4.69, 9.17) is 10.5 Å². The standard InChI is InChI=1S/C15H23IN2O.ClH/c1-15(2,17)11-18-9-7-12(8-10-18)19-14-6-4-3-5-13(14)16;/h3-6,12H,7-11,17H2,1-2H3;1H. The van der Waals surface area contributed by atoms with Gasteiger partial charge in [-0.1, -0.05) is 12.1 Å². The van der Waals surface area contributed by atoms with Crippen molar-refractivity contribution in [1.29, 1.82) is 0 Å². The van der Waals surface area contributed by atoms with Crippen molar-refractivity contribution in [2.75, 3.05) is 19.6 Å². The maximum atomic E-state index is 6.10. The Kier molecular flexibility index (Phi) is 7.04. The predicted molar refractivity (Wildman–Crippen MR) is 94.8 cm³/mol. The monoisotopic (exact) mass is 410 g/mol. The molecule has 3 nitrogen and oxygen atoms in total. The first-order valence-electron chi connectivity index (χ1n) is 6.86. The first-order valence-corrected chi connectivity index (χ1v) is 7.94. The van der Waals surface area contributed by atoms with Crippen molar-refractivity contribution in [3.63, 3.8) is 0 Å². The quantitative estimate of drug-likeness (QED) is 0.774. The summed E-state index contributed by atoms with van der Waals surface area (Å²) < 4.78 is 7.28. The van der Waals surface area contributed by atoms with Crippen LogP contribution in [0.25, 0.3) is 0 Å². The van der Waals surface area contributed by atoms with E-state index in [0.29, 0.717) is 6.10 Å². The molecular weight excluding hydrogens is 387 g/mol. The van der Waals surface area contributed by atoms with Crippen LogP contribution in [0.15, 0.2) is 24.3 Å². The lowest BCUT2D eigenvalue weighted by Gasteiger charge is -2.35. The molecule has 0 radical (unpaired) electrons. The van der Waals surface area contributed by atoms with Crippen LogP contribution in [0, 0.1) is 3.57 Å². The van der Waals surface area contributed by atoms with Crippen molar-refractivity contribution < 1.29 is 4.74 Å². The Morgan fingerprint density at radius 2 is 1.90 bits per heavy atom. The van der Waals surface area contributed by atoms with E-state index in [1.165, 1.54) is 3.57 Å². The van der Waals surface area contributed by atoms with Crippen LogP contribution in [-0.2, 0) is 0 Å². The van der Waals surface area contributed by atoms with Gasteiger partial charge in [0.1, 0.15) is 11.9 Å². The fourth-order valence-electron chi connectivity index (χ4n) is 2.48. The number of hydrogen-bond donors (Lipinski definition) is 1. The Morgan fingerprint density at radius 1 is 1.30 bits per heavy atom. The zero-order valence-corrected chi connectivity index (χ0v) is 15.1. The van der Waals surface area contributed by atoms with Gasteiger partial charge in [-0.2, -0.15) is 0 Å². The lowest BCUT2D eigenvalue weighted by Crippen LogP contribution is -2.49. The van der Waals surface area contributed by atoms with Crippen LogP contribution in [0.1, 0.15) is 26.7 Å². The number of benzene rings is 1. The van der Waals surface area contributed by atoms with Crippen LogP contribution in [-0.4, -0.2) is 36.2 Å². The number of para-hydroxylation sites is 1. The molecule has 0 aliphatic carbocycles. The zero-order chi connectivity index (χ0) is 13.9. The predicted octanol–water partition coefficient (Wildman–Crippen LogP) is 3.29. The Labute approximate surface area is 141 Å². The molecule has 1 fully saturated rings. The first-order chi connectivity index (χ1) is 8.94. The molecular formula is C15H24ClIN2O. The van der Waals surface area contributed by atoms with Crippen LogP contribution in [0.4, 0.5) is 0 Å². The van der Waals surface area contributed by atoms with E-state index in [1.54, 1.807) is 0 Å². The van der Waals surface area contributed by atoms with Crippen LogP contribution in [0.5, 0.6) is 5.75 Å². The van der Waals surface area contributed by atoms with Gasteiger partial charge in [-0.15, -0.1) is 12.4 Å². The highest BCUT2D eigenvalue weighted by molar-refractivity contribution is 14.1. The molecule has 1 aromatic carbocycles. The van der Waals surface area contributed by atoms with Crippen molar-refractivity contribution in [3.05, 3.63) is 27.8 Å².